The van der Waals surface area contributed by atoms with Crippen molar-refractivity contribution in [2.75, 3.05) is 6.54 Å². The van der Waals surface area contributed by atoms with Gasteiger partial charge in [0.05, 0.1) is 23.5 Å². The number of amides is 1. The van der Waals surface area contributed by atoms with E-state index in [9.17, 15) is 4.79 Å². The van der Waals surface area contributed by atoms with Crippen molar-refractivity contribution < 1.29 is 9.63 Å². The molecule has 1 aliphatic heterocycles. The van der Waals surface area contributed by atoms with Crippen molar-refractivity contribution >= 4 is 11.6 Å². The minimum Gasteiger partial charge on any atom is -0.390 e. The second-order valence-corrected chi connectivity index (χ2v) is 5.70. The fourth-order valence-corrected chi connectivity index (χ4v) is 2.56. The highest BCUT2D eigenvalue weighted by atomic mass is 16.6. The number of carbonyl (C=O) groups excluding carboxylic acids is 1. The molecule has 0 fully saturated rings. The molecule has 0 saturated heterocycles. The van der Waals surface area contributed by atoms with Crippen LogP contribution in [0.1, 0.15) is 35.9 Å². The van der Waals surface area contributed by atoms with Crippen LogP contribution in [0.2, 0.25) is 0 Å². The van der Waals surface area contributed by atoms with Gasteiger partial charge in [-0.25, -0.2) is 9.97 Å². The van der Waals surface area contributed by atoms with Crippen molar-refractivity contribution in [1.82, 2.24) is 15.3 Å². The standard InChI is InChI=1S/C18H20N4O2/c1-3-14-9-15(24-22-14)10-20-18(23)16-11-19-12(2)21-17(16)13-7-5-4-6-8-13/h4-8,11,15H,3,9-10H2,1-2H3,(H,20,23)/t15-/m1/s1. The van der Waals surface area contributed by atoms with Crippen LogP contribution in [0.4, 0.5) is 0 Å². The predicted octanol–water partition coefficient (Wildman–Crippen LogP) is 2.74. The molecule has 2 aromatic rings. The normalized spacial score (nSPS) is 16.4. The summed E-state index contributed by atoms with van der Waals surface area (Å²) in [6.45, 7) is 4.26. The number of aryl methyl sites for hydroxylation is 1. The molecule has 0 unspecified atom stereocenters. The van der Waals surface area contributed by atoms with Crippen molar-refractivity contribution in [3.05, 3.63) is 47.9 Å². The first-order valence-corrected chi connectivity index (χ1v) is 8.06. The Balaban J connectivity index is 1.73. The maximum Gasteiger partial charge on any atom is 0.255 e. The van der Waals surface area contributed by atoms with Gasteiger partial charge < -0.3 is 10.2 Å². The summed E-state index contributed by atoms with van der Waals surface area (Å²) < 4.78 is 0. The van der Waals surface area contributed by atoms with Gasteiger partial charge in [-0.3, -0.25) is 4.79 Å². The Morgan fingerprint density at radius 2 is 2.12 bits per heavy atom. The van der Waals surface area contributed by atoms with E-state index >= 15 is 0 Å². The Bertz CT molecular complexity index is 759. The summed E-state index contributed by atoms with van der Waals surface area (Å²) in [4.78, 5) is 26.5. The number of benzene rings is 1. The lowest BCUT2D eigenvalue weighted by atomic mass is 10.1. The van der Waals surface area contributed by atoms with E-state index in [1.165, 1.54) is 0 Å². The molecule has 24 heavy (non-hydrogen) atoms. The summed E-state index contributed by atoms with van der Waals surface area (Å²) >= 11 is 0. The van der Waals surface area contributed by atoms with Crippen LogP contribution < -0.4 is 5.32 Å². The second kappa shape index (κ2) is 7.21. The molecule has 0 spiro atoms. The van der Waals surface area contributed by atoms with Crippen LogP contribution in [0.25, 0.3) is 11.3 Å². The van der Waals surface area contributed by atoms with E-state index in [2.05, 4.69) is 20.4 Å². The van der Waals surface area contributed by atoms with Gasteiger partial charge in [-0.1, -0.05) is 42.4 Å². The Hall–Kier alpha value is -2.76. The Morgan fingerprint density at radius 3 is 2.83 bits per heavy atom. The van der Waals surface area contributed by atoms with Crippen molar-refractivity contribution in [3.63, 3.8) is 0 Å². The first kappa shape index (κ1) is 16.1. The fourth-order valence-electron chi connectivity index (χ4n) is 2.56. The highest BCUT2D eigenvalue weighted by Crippen LogP contribution is 2.21. The maximum absolute atomic E-state index is 12.6. The lowest BCUT2D eigenvalue weighted by Gasteiger charge is -2.12. The molecule has 0 bridgehead atoms. The molecule has 124 valence electrons. The van der Waals surface area contributed by atoms with E-state index in [0.717, 1.165) is 24.1 Å². The molecule has 1 N–H and O–H groups in total. The van der Waals surface area contributed by atoms with E-state index < -0.39 is 0 Å². The molecule has 0 radical (unpaired) electrons. The number of carbonyl (C=O) groups is 1. The summed E-state index contributed by atoms with van der Waals surface area (Å²) in [5.41, 5.74) is 3.01. The predicted molar refractivity (Wildman–Crippen MR) is 91.8 cm³/mol. The number of hydrogen-bond acceptors (Lipinski definition) is 5. The fraction of sp³-hybridized carbons (Fsp3) is 0.333. The Morgan fingerprint density at radius 1 is 1.33 bits per heavy atom. The van der Waals surface area contributed by atoms with Gasteiger partial charge in [0.15, 0.2) is 0 Å². The third-order valence-electron chi connectivity index (χ3n) is 3.89. The number of nitrogens with zero attached hydrogens (tertiary/aromatic N) is 3. The molecule has 3 rings (SSSR count). The molecule has 1 atom stereocenters. The zero-order valence-electron chi connectivity index (χ0n) is 13.8. The van der Waals surface area contributed by atoms with Crippen molar-refractivity contribution in [1.29, 1.82) is 0 Å². The van der Waals surface area contributed by atoms with E-state index in [1.807, 2.05) is 44.2 Å². The summed E-state index contributed by atoms with van der Waals surface area (Å²) in [7, 11) is 0. The molecular weight excluding hydrogens is 304 g/mol. The van der Waals surface area contributed by atoms with Crippen molar-refractivity contribution in [2.45, 2.75) is 32.8 Å². The number of aromatic nitrogens is 2. The average molecular weight is 324 g/mol. The average Bonchev–Trinajstić information content (AvgIpc) is 3.08. The Kier molecular flexibility index (Phi) is 4.84. The number of rotatable bonds is 5. The summed E-state index contributed by atoms with van der Waals surface area (Å²) in [5.74, 6) is 0.424. The van der Waals surface area contributed by atoms with Crippen LogP contribution in [0.5, 0.6) is 0 Å². The van der Waals surface area contributed by atoms with Gasteiger partial charge in [-0.05, 0) is 13.3 Å². The smallest absolute Gasteiger partial charge is 0.255 e. The molecule has 2 heterocycles. The zero-order valence-corrected chi connectivity index (χ0v) is 13.8. The highest BCUT2D eigenvalue weighted by Gasteiger charge is 2.22. The molecule has 1 aliphatic rings. The van der Waals surface area contributed by atoms with Crippen LogP contribution in [-0.4, -0.2) is 34.2 Å². The summed E-state index contributed by atoms with van der Waals surface area (Å²) in [6, 6.07) is 9.63. The molecule has 6 nitrogen and oxygen atoms in total. The van der Waals surface area contributed by atoms with E-state index in [-0.39, 0.29) is 12.0 Å². The zero-order chi connectivity index (χ0) is 16.9. The summed E-state index contributed by atoms with van der Waals surface area (Å²) in [6.07, 6.45) is 3.10. The van der Waals surface area contributed by atoms with Gasteiger partial charge in [-0.2, -0.15) is 0 Å². The highest BCUT2D eigenvalue weighted by molar-refractivity contribution is 5.99. The third kappa shape index (κ3) is 3.59. The Labute approximate surface area is 141 Å². The molecule has 1 aromatic carbocycles. The van der Waals surface area contributed by atoms with Crippen LogP contribution >= 0.6 is 0 Å². The van der Waals surface area contributed by atoms with Gasteiger partial charge in [-0.15, -0.1) is 0 Å². The van der Waals surface area contributed by atoms with Crippen LogP contribution in [0.3, 0.4) is 0 Å². The van der Waals surface area contributed by atoms with Crippen molar-refractivity contribution in [3.8, 4) is 11.3 Å². The van der Waals surface area contributed by atoms with Crippen molar-refractivity contribution in [2.24, 2.45) is 5.16 Å². The number of nitrogens with one attached hydrogen (secondary N) is 1. The summed E-state index contributed by atoms with van der Waals surface area (Å²) in [5, 5.41) is 6.90. The molecule has 0 aliphatic carbocycles. The first-order chi connectivity index (χ1) is 11.7. The van der Waals surface area contributed by atoms with Gasteiger partial charge in [0.2, 0.25) is 0 Å². The van der Waals surface area contributed by atoms with Gasteiger partial charge >= 0.3 is 0 Å². The third-order valence-corrected chi connectivity index (χ3v) is 3.89. The molecular formula is C18H20N4O2. The lowest BCUT2D eigenvalue weighted by Crippen LogP contribution is -2.32. The van der Waals surface area contributed by atoms with Gasteiger partial charge in [0.1, 0.15) is 11.9 Å². The number of hydrogen-bond donors (Lipinski definition) is 1. The van der Waals surface area contributed by atoms with Crippen LogP contribution in [0.15, 0.2) is 41.7 Å². The molecule has 1 amide bonds. The first-order valence-electron chi connectivity index (χ1n) is 8.06. The quantitative estimate of drug-likeness (QED) is 0.917. The molecule has 1 aromatic heterocycles. The molecule has 0 saturated carbocycles. The van der Waals surface area contributed by atoms with E-state index in [4.69, 9.17) is 4.84 Å². The SMILES string of the molecule is CCC1=NO[C@@H](CNC(=O)c2cnc(C)nc2-c2ccccc2)C1. The second-order valence-electron chi connectivity index (χ2n) is 5.70. The van der Waals surface area contributed by atoms with Gasteiger partial charge in [0, 0.05) is 18.2 Å². The molecule has 6 heteroatoms. The van der Waals surface area contributed by atoms with Gasteiger partial charge in [0.25, 0.3) is 5.91 Å². The lowest BCUT2D eigenvalue weighted by molar-refractivity contribution is 0.0753. The van der Waals surface area contributed by atoms with E-state index in [1.54, 1.807) is 6.20 Å². The minimum atomic E-state index is -0.206. The van der Waals surface area contributed by atoms with Crippen LogP contribution in [0, 0.1) is 6.92 Å². The monoisotopic (exact) mass is 324 g/mol. The van der Waals surface area contributed by atoms with Crippen LogP contribution in [-0.2, 0) is 4.84 Å². The minimum absolute atomic E-state index is 0.101. The topological polar surface area (TPSA) is 76.5 Å². The largest absolute Gasteiger partial charge is 0.390 e. The van der Waals surface area contributed by atoms with E-state index in [0.29, 0.717) is 23.6 Å². The maximum atomic E-state index is 12.6. The number of oxime groups is 1.